The van der Waals surface area contributed by atoms with Gasteiger partial charge in [-0.2, -0.15) is 0 Å². The lowest BCUT2D eigenvalue weighted by atomic mass is 9.96. The van der Waals surface area contributed by atoms with E-state index in [4.69, 9.17) is 0 Å². The first kappa shape index (κ1) is 22.7. The van der Waals surface area contributed by atoms with Crippen LogP contribution in [0.3, 0.4) is 0 Å². The second-order valence-electron chi connectivity index (χ2n) is 8.71. The van der Waals surface area contributed by atoms with Crippen molar-refractivity contribution in [2.45, 2.75) is 25.5 Å². The van der Waals surface area contributed by atoms with Crippen molar-refractivity contribution in [1.29, 1.82) is 0 Å². The van der Waals surface area contributed by atoms with Crippen LogP contribution in [0.25, 0.3) is 0 Å². The monoisotopic (exact) mass is 459 g/mol. The Morgan fingerprint density at radius 1 is 0.969 bits per heavy atom. The second-order valence-corrected chi connectivity index (χ2v) is 10.7. The zero-order chi connectivity index (χ0) is 22.7. The van der Waals surface area contributed by atoms with Crippen LogP contribution in [0.4, 0.5) is 10.1 Å². The molecule has 0 aromatic heterocycles. The molecule has 0 atom stereocenters. The maximum Gasteiger partial charge on any atom is 0.225 e. The van der Waals surface area contributed by atoms with Crippen molar-refractivity contribution in [2.24, 2.45) is 5.92 Å². The van der Waals surface area contributed by atoms with Crippen molar-refractivity contribution in [2.75, 3.05) is 44.2 Å². The molecular formula is C24H30FN3O3S. The molecule has 172 valence electrons. The zero-order valence-corrected chi connectivity index (χ0v) is 19.2. The smallest absolute Gasteiger partial charge is 0.225 e. The summed E-state index contributed by atoms with van der Waals surface area (Å²) in [7, 11) is -3.39. The van der Waals surface area contributed by atoms with Crippen molar-refractivity contribution in [1.82, 2.24) is 9.21 Å². The van der Waals surface area contributed by atoms with Gasteiger partial charge in [0.1, 0.15) is 5.82 Å². The van der Waals surface area contributed by atoms with Gasteiger partial charge in [-0.3, -0.25) is 4.79 Å². The molecule has 2 aromatic carbocycles. The molecule has 0 N–H and O–H groups in total. The van der Waals surface area contributed by atoms with Gasteiger partial charge < -0.3 is 9.80 Å². The molecule has 0 aliphatic carbocycles. The fraction of sp³-hybridized carbons (Fsp3) is 0.458. The molecule has 6 nitrogen and oxygen atoms in total. The molecule has 0 bridgehead atoms. The third-order valence-corrected chi connectivity index (χ3v) is 8.26. The first-order valence-corrected chi connectivity index (χ1v) is 12.8. The van der Waals surface area contributed by atoms with Gasteiger partial charge in [-0.25, -0.2) is 17.1 Å². The predicted octanol–water partition coefficient (Wildman–Crippen LogP) is 3.02. The van der Waals surface area contributed by atoms with Crippen LogP contribution in [-0.4, -0.2) is 62.8 Å². The lowest BCUT2D eigenvalue weighted by molar-refractivity contribution is -0.137. The number of carbonyl (C=O) groups is 1. The molecule has 1 amide bonds. The summed E-state index contributed by atoms with van der Waals surface area (Å²) in [6.45, 7) is 5.40. The highest BCUT2D eigenvalue weighted by molar-refractivity contribution is 7.88. The minimum Gasteiger partial charge on any atom is -0.368 e. The van der Waals surface area contributed by atoms with Gasteiger partial charge in [0.2, 0.25) is 15.9 Å². The number of hydrogen-bond acceptors (Lipinski definition) is 4. The number of hydrogen-bond donors (Lipinski definition) is 0. The van der Waals surface area contributed by atoms with Crippen LogP contribution in [-0.2, 0) is 20.6 Å². The summed E-state index contributed by atoms with van der Waals surface area (Å²) in [4.78, 5) is 17.1. The predicted molar refractivity (Wildman–Crippen MR) is 123 cm³/mol. The molecule has 0 radical (unpaired) electrons. The Morgan fingerprint density at radius 2 is 1.62 bits per heavy atom. The Balaban J connectivity index is 1.28. The molecule has 32 heavy (non-hydrogen) atoms. The molecule has 2 aliphatic heterocycles. The number of amides is 1. The standard InChI is InChI=1S/C24H30FN3O3S/c1-19-3-2-4-20(17-19)18-32(30,31)28-11-9-21(10-12-28)24(29)27-15-13-26(14-16-27)23-7-5-22(25)6-8-23/h2-8,17,21H,9-16,18H2,1H3. The molecule has 4 rings (SSSR count). The molecule has 0 saturated carbocycles. The van der Waals surface area contributed by atoms with Crippen LogP contribution in [0.15, 0.2) is 48.5 Å². The van der Waals surface area contributed by atoms with Crippen LogP contribution >= 0.6 is 0 Å². The Hall–Kier alpha value is -2.45. The summed E-state index contributed by atoms with van der Waals surface area (Å²) in [6, 6.07) is 14.0. The number of rotatable bonds is 5. The van der Waals surface area contributed by atoms with Crippen molar-refractivity contribution in [3.05, 3.63) is 65.5 Å². The van der Waals surface area contributed by atoms with Gasteiger partial charge in [0, 0.05) is 50.9 Å². The van der Waals surface area contributed by atoms with Crippen LogP contribution in [0, 0.1) is 18.7 Å². The maximum absolute atomic E-state index is 13.1. The topological polar surface area (TPSA) is 60.9 Å². The minimum absolute atomic E-state index is 0.00135. The van der Waals surface area contributed by atoms with Crippen LogP contribution in [0.1, 0.15) is 24.0 Å². The van der Waals surface area contributed by atoms with Crippen LogP contribution in [0.2, 0.25) is 0 Å². The van der Waals surface area contributed by atoms with E-state index in [2.05, 4.69) is 4.90 Å². The van der Waals surface area contributed by atoms with Gasteiger partial charge in [0.05, 0.1) is 5.75 Å². The number of piperidine rings is 1. The van der Waals surface area contributed by atoms with Gasteiger partial charge in [-0.15, -0.1) is 0 Å². The number of nitrogens with zero attached hydrogens (tertiary/aromatic N) is 3. The number of piperazine rings is 1. The number of carbonyl (C=O) groups excluding carboxylic acids is 1. The molecule has 8 heteroatoms. The summed E-state index contributed by atoms with van der Waals surface area (Å²) >= 11 is 0. The van der Waals surface area contributed by atoms with Crippen molar-refractivity contribution in [3.63, 3.8) is 0 Å². The minimum atomic E-state index is -3.39. The molecule has 2 heterocycles. The van der Waals surface area contributed by atoms with E-state index in [1.165, 1.54) is 16.4 Å². The number of halogens is 1. The third kappa shape index (κ3) is 5.30. The summed E-state index contributed by atoms with van der Waals surface area (Å²) in [6.07, 6.45) is 1.12. The van der Waals surface area contributed by atoms with E-state index in [1.807, 2.05) is 36.1 Å². The van der Waals surface area contributed by atoms with Gasteiger partial charge in [-0.1, -0.05) is 29.8 Å². The highest BCUT2D eigenvalue weighted by atomic mass is 32.2. The third-order valence-electron chi connectivity index (χ3n) is 6.41. The van der Waals surface area contributed by atoms with Crippen molar-refractivity contribution >= 4 is 21.6 Å². The molecule has 0 unspecified atom stereocenters. The average Bonchev–Trinajstić information content (AvgIpc) is 2.79. The van der Waals surface area contributed by atoms with Crippen molar-refractivity contribution < 1.29 is 17.6 Å². The highest BCUT2D eigenvalue weighted by Crippen LogP contribution is 2.25. The van der Waals surface area contributed by atoms with Gasteiger partial charge in [0.25, 0.3) is 0 Å². The van der Waals surface area contributed by atoms with Gasteiger partial charge >= 0.3 is 0 Å². The largest absolute Gasteiger partial charge is 0.368 e. The van der Waals surface area contributed by atoms with E-state index in [0.717, 1.165) is 16.8 Å². The zero-order valence-electron chi connectivity index (χ0n) is 18.4. The van der Waals surface area contributed by atoms with E-state index >= 15 is 0 Å². The molecule has 2 aromatic rings. The molecular weight excluding hydrogens is 429 g/mol. The molecule has 2 saturated heterocycles. The number of aryl methyl sites for hydroxylation is 1. The SMILES string of the molecule is Cc1cccc(CS(=O)(=O)N2CCC(C(=O)N3CCN(c4ccc(F)cc4)CC3)CC2)c1. The fourth-order valence-corrected chi connectivity index (χ4v) is 6.13. The first-order valence-electron chi connectivity index (χ1n) is 11.1. The number of benzene rings is 2. The summed E-state index contributed by atoms with van der Waals surface area (Å²) in [5.74, 6) is -0.259. The lowest BCUT2D eigenvalue weighted by Gasteiger charge is -2.39. The normalized spacial score (nSPS) is 18.7. The van der Waals surface area contributed by atoms with E-state index in [-0.39, 0.29) is 23.4 Å². The van der Waals surface area contributed by atoms with Gasteiger partial charge in [-0.05, 0) is 49.6 Å². The Morgan fingerprint density at radius 3 is 2.25 bits per heavy atom. The fourth-order valence-electron chi connectivity index (χ4n) is 4.58. The van der Waals surface area contributed by atoms with E-state index in [1.54, 1.807) is 12.1 Å². The molecule has 2 fully saturated rings. The maximum atomic E-state index is 13.1. The van der Waals surface area contributed by atoms with Crippen LogP contribution < -0.4 is 4.90 Å². The summed E-state index contributed by atoms with van der Waals surface area (Å²) in [5, 5.41) is 0. The molecule has 2 aliphatic rings. The lowest BCUT2D eigenvalue weighted by Crippen LogP contribution is -2.52. The van der Waals surface area contributed by atoms with Crippen LogP contribution in [0.5, 0.6) is 0 Å². The van der Waals surface area contributed by atoms with E-state index in [0.29, 0.717) is 52.1 Å². The second kappa shape index (κ2) is 9.58. The Bertz CT molecular complexity index is 1040. The summed E-state index contributed by atoms with van der Waals surface area (Å²) in [5.41, 5.74) is 2.80. The Labute approximate surface area is 189 Å². The Kier molecular flexibility index (Phi) is 6.81. The summed E-state index contributed by atoms with van der Waals surface area (Å²) < 4.78 is 40.4. The molecule has 0 spiro atoms. The van der Waals surface area contributed by atoms with E-state index < -0.39 is 10.0 Å². The van der Waals surface area contributed by atoms with Crippen molar-refractivity contribution in [3.8, 4) is 0 Å². The quantitative estimate of drug-likeness (QED) is 0.690. The van der Waals surface area contributed by atoms with E-state index in [9.17, 15) is 17.6 Å². The van der Waals surface area contributed by atoms with Gasteiger partial charge in [0.15, 0.2) is 0 Å². The number of anilines is 1. The highest BCUT2D eigenvalue weighted by Gasteiger charge is 2.34. The first-order chi connectivity index (χ1) is 15.3. The average molecular weight is 460 g/mol. The number of sulfonamides is 1.